The van der Waals surface area contributed by atoms with Crippen LogP contribution in [0.2, 0.25) is 0 Å². The monoisotopic (exact) mass is 407 g/mol. The molecule has 0 aliphatic carbocycles. The molecule has 0 aliphatic rings. The summed E-state index contributed by atoms with van der Waals surface area (Å²) < 4.78 is 100. The lowest BCUT2D eigenvalue weighted by Crippen LogP contribution is -2.21. The highest BCUT2D eigenvalue weighted by atomic mass is 127. The molecule has 0 unspecified atom stereocenters. The molecule has 0 bridgehead atoms. The average Bonchev–Trinajstić information content (AvgIpc) is 2.16. The van der Waals surface area contributed by atoms with Crippen LogP contribution < -0.4 is 4.74 Å². The van der Waals surface area contributed by atoms with E-state index in [0.717, 1.165) is 22.6 Å². The third-order valence-corrected chi connectivity index (χ3v) is 2.46. The molecule has 1 heterocycles. The predicted octanol–water partition coefficient (Wildman–Crippen LogP) is 4.54. The van der Waals surface area contributed by atoms with Crippen molar-refractivity contribution in [3.05, 3.63) is 20.9 Å². The van der Waals surface area contributed by atoms with E-state index in [9.17, 15) is 35.1 Å². The molecule has 1 aromatic rings. The van der Waals surface area contributed by atoms with E-state index in [-0.39, 0.29) is 6.07 Å². The van der Waals surface area contributed by atoms with Crippen LogP contribution in [-0.2, 0) is 6.18 Å². The lowest BCUT2D eigenvalue weighted by Gasteiger charge is -2.15. The summed E-state index contributed by atoms with van der Waals surface area (Å²) in [5.74, 6) is -1.43. The molecule has 0 saturated heterocycles. The van der Waals surface area contributed by atoms with Gasteiger partial charge in [0.2, 0.25) is 5.88 Å². The molecule has 0 radical (unpaired) electrons. The van der Waals surface area contributed by atoms with E-state index in [1.165, 1.54) is 0 Å². The van der Waals surface area contributed by atoms with E-state index in [1.807, 2.05) is 0 Å². The highest BCUT2D eigenvalue weighted by molar-refractivity contribution is 14.1. The third kappa shape index (κ3) is 4.31. The number of alkyl halides is 8. The maximum absolute atomic E-state index is 12.4. The van der Waals surface area contributed by atoms with Crippen molar-refractivity contribution >= 4 is 22.6 Å². The molecular weight excluding hydrogens is 405 g/mol. The van der Waals surface area contributed by atoms with Crippen molar-refractivity contribution in [2.75, 3.05) is 0 Å². The molecule has 1 aromatic heterocycles. The van der Waals surface area contributed by atoms with Crippen LogP contribution in [0.25, 0.3) is 0 Å². The molecule has 108 valence electrons. The van der Waals surface area contributed by atoms with Crippen molar-refractivity contribution < 1.29 is 39.9 Å². The number of hydrogen-bond acceptors (Lipinski definition) is 2. The fraction of sp³-hybridized carbons (Fsp3) is 0.375. The van der Waals surface area contributed by atoms with Crippen molar-refractivity contribution in [2.24, 2.45) is 0 Å². The first-order valence-electron chi connectivity index (χ1n) is 4.23. The largest absolute Gasteiger partial charge is 0.574 e. The molecular formula is C8H2F8INO. The summed E-state index contributed by atoms with van der Waals surface area (Å²) in [6.45, 7) is 0. The zero-order valence-corrected chi connectivity index (χ0v) is 10.6. The first-order chi connectivity index (χ1) is 8.42. The molecule has 0 atom stereocenters. The first-order valence-corrected chi connectivity index (χ1v) is 5.31. The van der Waals surface area contributed by atoms with Crippen LogP contribution in [-0.4, -0.2) is 11.3 Å². The molecule has 19 heavy (non-hydrogen) atoms. The Morgan fingerprint density at radius 2 is 1.63 bits per heavy atom. The number of rotatable bonds is 2. The van der Waals surface area contributed by atoms with E-state index in [0.29, 0.717) is 0 Å². The summed E-state index contributed by atoms with van der Waals surface area (Å²) in [5, 5.41) is 0. The molecule has 0 fully saturated rings. The Kier molecular flexibility index (Phi) is 4.47. The number of ether oxygens (including phenoxy) is 1. The second-order valence-electron chi connectivity index (χ2n) is 3.06. The second kappa shape index (κ2) is 5.25. The van der Waals surface area contributed by atoms with Gasteiger partial charge in [-0.25, -0.2) is 13.8 Å². The maximum atomic E-state index is 12.4. The molecule has 0 spiro atoms. The van der Waals surface area contributed by atoms with Gasteiger partial charge in [-0.1, -0.05) is 0 Å². The van der Waals surface area contributed by atoms with Gasteiger partial charge in [-0.15, -0.1) is 13.2 Å². The minimum atomic E-state index is -5.32. The fourth-order valence-corrected chi connectivity index (χ4v) is 1.63. The van der Waals surface area contributed by atoms with Gasteiger partial charge in [0.05, 0.1) is 3.57 Å². The molecule has 1 rings (SSSR count). The van der Waals surface area contributed by atoms with Crippen LogP contribution in [0.5, 0.6) is 5.88 Å². The standard InChI is InChI=1S/C8H2F8INO/c9-5(10)2-1-3(17)6(19-8(14,15)16)18-4(2)7(11,12)13/h1,5H. The lowest BCUT2D eigenvalue weighted by molar-refractivity contribution is -0.276. The molecule has 0 N–H and O–H groups in total. The Balaban J connectivity index is 3.39. The van der Waals surface area contributed by atoms with E-state index in [4.69, 9.17) is 0 Å². The van der Waals surface area contributed by atoms with Crippen LogP contribution in [0.15, 0.2) is 6.07 Å². The van der Waals surface area contributed by atoms with Gasteiger partial charge in [0, 0.05) is 5.56 Å². The van der Waals surface area contributed by atoms with Crippen LogP contribution in [0.4, 0.5) is 35.1 Å². The molecule has 0 aromatic carbocycles. The lowest BCUT2D eigenvalue weighted by atomic mass is 10.2. The Hall–Kier alpha value is -0.880. The van der Waals surface area contributed by atoms with E-state index >= 15 is 0 Å². The van der Waals surface area contributed by atoms with Gasteiger partial charge in [-0.3, -0.25) is 0 Å². The summed E-state index contributed by atoms with van der Waals surface area (Å²) in [7, 11) is 0. The number of pyridine rings is 1. The van der Waals surface area contributed by atoms with Crippen molar-refractivity contribution in [2.45, 2.75) is 19.0 Å². The summed E-state index contributed by atoms with van der Waals surface area (Å²) in [5.41, 5.74) is -3.62. The van der Waals surface area contributed by atoms with Gasteiger partial charge < -0.3 is 4.74 Å². The van der Waals surface area contributed by atoms with Gasteiger partial charge in [0.15, 0.2) is 5.69 Å². The van der Waals surface area contributed by atoms with Crippen LogP contribution >= 0.6 is 22.6 Å². The minimum absolute atomic E-state index is 0.252. The zero-order chi connectivity index (χ0) is 15.0. The van der Waals surface area contributed by atoms with Crippen LogP contribution in [0.3, 0.4) is 0 Å². The topological polar surface area (TPSA) is 22.1 Å². The Morgan fingerprint density at radius 1 is 1.11 bits per heavy atom. The predicted molar refractivity (Wildman–Crippen MR) is 53.6 cm³/mol. The molecule has 0 amide bonds. The second-order valence-corrected chi connectivity index (χ2v) is 4.22. The summed E-state index contributed by atoms with van der Waals surface area (Å²) in [6.07, 6.45) is -14.1. The van der Waals surface area contributed by atoms with Crippen LogP contribution in [0, 0.1) is 3.57 Å². The zero-order valence-electron chi connectivity index (χ0n) is 8.41. The van der Waals surface area contributed by atoms with Crippen molar-refractivity contribution in [1.82, 2.24) is 4.98 Å². The fourth-order valence-electron chi connectivity index (χ4n) is 1.06. The molecule has 0 aliphatic heterocycles. The van der Waals surface area contributed by atoms with Crippen molar-refractivity contribution in [1.29, 1.82) is 0 Å². The third-order valence-electron chi connectivity index (χ3n) is 1.69. The number of aromatic nitrogens is 1. The SMILES string of the molecule is FC(F)c1cc(I)c(OC(F)(F)F)nc1C(F)(F)F. The Labute approximate surface area is 113 Å². The summed E-state index contributed by atoms with van der Waals surface area (Å²) in [6, 6.07) is 0.252. The van der Waals surface area contributed by atoms with E-state index in [2.05, 4.69) is 9.72 Å². The highest BCUT2D eigenvalue weighted by Crippen LogP contribution is 2.38. The van der Waals surface area contributed by atoms with Crippen LogP contribution in [0.1, 0.15) is 17.7 Å². The number of halogens is 9. The molecule has 2 nitrogen and oxygen atoms in total. The maximum Gasteiger partial charge on any atom is 0.574 e. The average molecular weight is 407 g/mol. The quantitative estimate of drug-likeness (QED) is 0.531. The Morgan fingerprint density at radius 3 is 2.00 bits per heavy atom. The normalized spacial score (nSPS) is 12.9. The summed E-state index contributed by atoms with van der Waals surface area (Å²) >= 11 is 1.12. The van der Waals surface area contributed by atoms with E-state index < -0.39 is 39.7 Å². The van der Waals surface area contributed by atoms with Gasteiger partial charge >= 0.3 is 12.5 Å². The van der Waals surface area contributed by atoms with Gasteiger partial charge in [-0.05, 0) is 28.7 Å². The minimum Gasteiger partial charge on any atom is -0.387 e. The molecule has 0 saturated carbocycles. The van der Waals surface area contributed by atoms with Crippen molar-refractivity contribution in [3.8, 4) is 5.88 Å². The van der Waals surface area contributed by atoms with Crippen molar-refractivity contribution in [3.63, 3.8) is 0 Å². The van der Waals surface area contributed by atoms with Gasteiger partial charge in [0.1, 0.15) is 0 Å². The van der Waals surface area contributed by atoms with E-state index in [1.54, 1.807) is 0 Å². The van der Waals surface area contributed by atoms with Gasteiger partial charge in [-0.2, -0.15) is 13.2 Å². The highest BCUT2D eigenvalue weighted by Gasteiger charge is 2.40. The number of nitrogens with zero attached hydrogens (tertiary/aromatic N) is 1. The molecule has 11 heteroatoms. The smallest absolute Gasteiger partial charge is 0.387 e. The Bertz CT molecular complexity index is 469. The number of hydrogen-bond donors (Lipinski definition) is 0. The summed E-state index contributed by atoms with van der Waals surface area (Å²) in [4.78, 5) is 2.50. The first kappa shape index (κ1) is 16.2. The van der Waals surface area contributed by atoms with Gasteiger partial charge in [0.25, 0.3) is 6.43 Å².